The number of aryl methyl sites for hydroxylation is 1. The maximum absolute atomic E-state index is 11.1. The van der Waals surface area contributed by atoms with Crippen molar-refractivity contribution in [2.75, 3.05) is 0 Å². The van der Waals surface area contributed by atoms with Gasteiger partial charge in [-0.2, -0.15) is 0 Å². The van der Waals surface area contributed by atoms with Gasteiger partial charge in [0.05, 0.1) is 11.4 Å². The summed E-state index contributed by atoms with van der Waals surface area (Å²) >= 11 is 0. The third kappa shape index (κ3) is 3.62. The first-order valence-electron chi connectivity index (χ1n) is 10.1. The first-order valence-corrected chi connectivity index (χ1v) is 10.1. The van der Waals surface area contributed by atoms with Crippen LogP contribution in [-0.2, 0) is 6.42 Å². The molecular weight excluding hydrogens is 386 g/mol. The van der Waals surface area contributed by atoms with Gasteiger partial charge in [-0.15, -0.1) is 0 Å². The summed E-state index contributed by atoms with van der Waals surface area (Å²) in [5.41, 5.74) is 6.57. The molecule has 2 aromatic heterocycles. The molecule has 2 N–H and O–H groups in total. The molecule has 0 unspecified atom stereocenters. The van der Waals surface area contributed by atoms with Crippen LogP contribution < -0.4 is 0 Å². The number of benzene rings is 3. The van der Waals surface area contributed by atoms with E-state index in [0.29, 0.717) is 23.5 Å². The second-order valence-electron chi connectivity index (χ2n) is 7.63. The molecule has 0 amide bonds. The Labute approximate surface area is 179 Å². The van der Waals surface area contributed by atoms with Crippen molar-refractivity contribution in [1.82, 2.24) is 14.4 Å². The van der Waals surface area contributed by atoms with Crippen LogP contribution in [0.1, 0.15) is 16.8 Å². The van der Waals surface area contributed by atoms with Gasteiger partial charge < -0.3 is 10.2 Å². The predicted molar refractivity (Wildman–Crippen MR) is 121 cm³/mol. The highest BCUT2D eigenvalue weighted by molar-refractivity contribution is 5.72. The van der Waals surface area contributed by atoms with Crippen molar-refractivity contribution in [2.45, 2.75) is 13.3 Å². The van der Waals surface area contributed by atoms with E-state index in [1.807, 2.05) is 61.5 Å². The van der Waals surface area contributed by atoms with E-state index in [1.165, 1.54) is 0 Å². The summed E-state index contributed by atoms with van der Waals surface area (Å²) in [6.07, 6.45) is 2.37. The highest BCUT2D eigenvalue weighted by Crippen LogP contribution is 2.33. The van der Waals surface area contributed by atoms with Crippen LogP contribution in [0.5, 0.6) is 11.6 Å². The first kappa shape index (κ1) is 18.9. The van der Waals surface area contributed by atoms with Crippen LogP contribution in [0, 0.1) is 6.92 Å². The van der Waals surface area contributed by atoms with Gasteiger partial charge in [0.2, 0.25) is 5.88 Å². The Morgan fingerprint density at radius 1 is 0.774 bits per heavy atom. The molecule has 5 aromatic rings. The number of aromatic nitrogens is 3. The second kappa shape index (κ2) is 7.61. The highest BCUT2D eigenvalue weighted by Gasteiger charge is 2.18. The Morgan fingerprint density at radius 2 is 1.45 bits per heavy atom. The third-order valence-electron chi connectivity index (χ3n) is 5.35. The molecule has 0 spiro atoms. The minimum Gasteiger partial charge on any atom is -0.508 e. The molecule has 0 aliphatic carbocycles. The van der Waals surface area contributed by atoms with Crippen LogP contribution in [0.2, 0.25) is 0 Å². The van der Waals surface area contributed by atoms with Crippen molar-refractivity contribution in [2.24, 2.45) is 0 Å². The number of imidazole rings is 1. The molecular formula is C26H21N3O2. The van der Waals surface area contributed by atoms with Crippen molar-refractivity contribution in [3.63, 3.8) is 0 Å². The van der Waals surface area contributed by atoms with Gasteiger partial charge in [-0.3, -0.25) is 4.40 Å². The normalized spacial score (nSPS) is 11.1. The standard InChI is InChI=1S/C26H21N3O2/c1-17-7-9-20(10-8-17)24-26(31)29-16-23(19-11-13-21(30)14-12-19)27-22(25(29)28-24)15-18-5-3-2-4-6-18/h2-14,16,30-31H,15H2,1H3. The number of rotatable bonds is 4. The summed E-state index contributed by atoms with van der Waals surface area (Å²) in [6.45, 7) is 2.03. The number of hydrogen-bond acceptors (Lipinski definition) is 4. The van der Waals surface area contributed by atoms with E-state index in [9.17, 15) is 10.2 Å². The molecule has 0 aliphatic heterocycles. The SMILES string of the molecule is Cc1ccc(-c2nc3c(Cc4ccccc4)nc(-c4ccc(O)cc4)cn3c2O)cc1. The zero-order chi connectivity index (χ0) is 21.4. The van der Waals surface area contributed by atoms with Gasteiger partial charge in [0.25, 0.3) is 0 Å². The average molecular weight is 407 g/mol. The van der Waals surface area contributed by atoms with Gasteiger partial charge >= 0.3 is 0 Å². The van der Waals surface area contributed by atoms with Gasteiger partial charge in [-0.05, 0) is 36.8 Å². The first-order chi connectivity index (χ1) is 15.1. The van der Waals surface area contributed by atoms with E-state index < -0.39 is 0 Å². The van der Waals surface area contributed by atoms with Crippen molar-refractivity contribution >= 4 is 5.65 Å². The fraction of sp³-hybridized carbons (Fsp3) is 0.0769. The number of aromatic hydroxyl groups is 2. The zero-order valence-electron chi connectivity index (χ0n) is 17.0. The van der Waals surface area contributed by atoms with Gasteiger partial charge in [-0.1, -0.05) is 60.2 Å². The number of phenols is 1. The number of hydrogen-bond donors (Lipinski definition) is 2. The zero-order valence-corrected chi connectivity index (χ0v) is 17.0. The Morgan fingerprint density at radius 3 is 2.16 bits per heavy atom. The van der Waals surface area contributed by atoms with Crippen LogP contribution >= 0.6 is 0 Å². The molecule has 0 aliphatic rings. The maximum Gasteiger partial charge on any atom is 0.224 e. The molecule has 3 aromatic carbocycles. The van der Waals surface area contributed by atoms with E-state index in [2.05, 4.69) is 12.1 Å². The molecule has 0 saturated heterocycles. The van der Waals surface area contributed by atoms with Gasteiger partial charge in [-0.25, -0.2) is 9.97 Å². The highest BCUT2D eigenvalue weighted by atomic mass is 16.3. The molecule has 0 fully saturated rings. The van der Waals surface area contributed by atoms with Crippen LogP contribution in [0.4, 0.5) is 0 Å². The number of nitrogens with zero attached hydrogens (tertiary/aromatic N) is 3. The maximum atomic E-state index is 11.1. The van der Waals surface area contributed by atoms with Crippen molar-refractivity contribution < 1.29 is 10.2 Å². The molecule has 0 atom stereocenters. The molecule has 2 heterocycles. The Hall–Kier alpha value is -4.12. The van der Waals surface area contributed by atoms with Crippen LogP contribution in [0.15, 0.2) is 85.1 Å². The summed E-state index contributed by atoms with van der Waals surface area (Å²) in [7, 11) is 0. The molecule has 5 rings (SSSR count). The Kier molecular flexibility index (Phi) is 4.64. The summed E-state index contributed by atoms with van der Waals surface area (Å²) in [6, 6.07) is 24.9. The summed E-state index contributed by atoms with van der Waals surface area (Å²) < 4.78 is 1.70. The lowest BCUT2D eigenvalue weighted by atomic mass is 10.1. The van der Waals surface area contributed by atoms with Crippen molar-refractivity contribution in [3.05, 3.63) is 102 Å². The molecule has 5 nitrogen and oxygen atoms in total. The monoisotopic (exact) mass is 407 g/mol. The van der Waals surface area contributed by atoms with Gasteiger partial charge in [0, 0.05) is 23.7 Å². The average Bonchev–Trinajstić information content (AvgIpc) is 3.12. The lowest BCUT2D eigenvalue weighted by Crippen LogP contribution is -2.00. The molecule has 0 saturated carbocycles. The van der Waals surface area contributed by atoms with E-state index in [0.717, 1.165) is 27.9 Å². The molecule has 0 radical (unpaired) electrons. The lowest BCUT2D eigenvalue weighted by Gasteiger charge is -2.08. The van der Waals surface area contributed by atoms with Crippen molar-refractivity contribution in [3.8, 4) is 34.1 Å². The van der Waals surface area contributed by atoms with Gasteiger partial charge in [0.15, 0.2) is 5.65 Å². The minimum atomic E-state index is 0.0793. The Bertz CT molecular complexity index is 1360. The molecule has 0 bridgehead atoms. The minimum absolute atomic E-state index is 0.0793. The summed E-state index contributed by atoms with van der Waals surface area (Å²) in [4.78, 5) is 9.65. The summed E-state index contributed by atoms with van der Waals surface area (Å²) in [5, 5.41) is 20.7. The molecule has 31 heavy (non-hydrogen) atoms. The summed E-state index contributed by atoms with van der Waals surface area (Å²) in [5.74, 6) is 0.275. The molecule has 152 valence electrons. The quantitative estimate of drug-likeness (QED) is 0.420. The van der Waals surface area contributed by atoms with E-state index in [4.69, 9.17) is 9.97 Å². The topological polar surface area (TPSA) is 70.7 Å². The fourth-order valence-corrected chi connectivity index (χ4v) is 3.68. The lowest BCUT2D eigenvalue weighted by molar-refractivity contribution is 0.450. The van der Waals surface area contributed by atoms with Gasteiger partial charge in [0.1, 0.15) is 11.4 Å². The largest absolute Gasteiger partial charge is 0.508 e. The van der Waals surface area contributed by atoms with Crippen LogP contribution in [-0.4, -0.2) is 24.6 Å². The smallest absolute Gasteiger partial charge is 0.224 e. The van der Waals surface area contributed by atoms with E-state index in [-0.39, 0.29) is 11.6 Å². The Balaban J connectivity index is 1.71. The number of fused-ring (bicyclic) bond motifs is 1. The van der Waals surface area contributed by atoms with Crippen LogP contribution in [0.3, 0.4) is 0 Å². The predicted octanol–water partition coefficient (Wildman–Crippen LogP) is 5.37. The van der Waals surface area contributed by atoms with Crippen molar-refractivity contribution in [1.29, 1.82) is 0 Å². The van der Waals surface area contributed by atoms with E-state index >= 15 is 0 Å². The van der Waals surface area contributed by atoms with E-state index in [1.54, 1.807) is 22.7 Å². The molecule has 5 heteroatoms. The fourth-order valence-electron chi connectivity index (χ4n) is 3.68. The van der Waals surface area contributed by atoms with Crippen LogP contribution in [0.25, 0.3) is 28.2 Å². The second-order valence-corrected chi connectivity index (χ2v) is 7.63. The third-order valence-corrected chi connectivity index (χ3v) is 5.35. The number of phenolic OH excluding ortho intramolecular Hbond substituents is 1.